The summed E-state index contributed by atoms with van der Waals surface area (Å²) in [4.78, 5) is 15.8. The Balaban J connectivity index is 2.21. The van der Waals surface area contributed by atoms with Gasteiger partial charge in [0.05, 0.1) is 10.6 Å². The minimum Gasteiger partial charge on any atom is -0.306 e. The van der Waals surface area contributed by atoms with E-state index < -0.39 is 5.91 Å². The lowest BCUT2D eigenvalue weighted by Crippen LogP contribution is -2.14. The van der Waals surface area contributed by atoms with E-state index in [9.17, 15) is 4.79 Å². The van der Waals surface area contributed by atoms with Gasteiger partial charge in [-0.1, -0.05) is 34.8 Å². The third kappa shape index (κ3) is 3.07. The Morgan fingerprint density at radius 1 is 1.17 bits per heavy atom. The molecule has 0 saturated heterocycles. The first-order valence-electron chi connectivity index (χ1n) is 4.68. The van der Waals surface area contributed by atoms with E-state index in [2.05, 4.69) is 20.5 Å². The average molecular weight is 304 g/mol. The van der Waals surface area contributed by atoms with Crippen molar-refractivity contribution in [3.63, 3.8) is 0 Å². The molecule has 0 aliphatic rings. The molecular formula is C10H5Cl3N4O. The zero-order valence-electron chi connectivity index (χ0n) is 8.69. The highest BCUT2D eigenvalue weighted by molar-refractivity contribution is 6.34. The number of aromatic nitrogens is 3. The summed E-state index contributed by atoms with van der Waals surface area (Å²) in [5, 5.41) is 10.1. The fourth-order valence-corrected chi connectivity index (χ4v) is 1.58. The minimum absolute atomic E-state index is 0.0362. The first-order chi connectivity index (χ1) is 8.56. The van der Waals surface area contributed by atoms with Crippen LogP contribution in [0.1, 0.15) is 10.4 Å². The summed E-state index contributed by atoms with van der Waals surface area (Å²) in [5.41, 5.74) is 0.119. The number of amides is 1. The van der Waals surface area contributed by atoms with Gasteiger partial charge in [-0.15, -0.1) is 10.2 Å². The Morgan fingerprint density at radius 3 is 2.61 bits per heavy atom. The van der Waals surface area contributed by atoms with Gasteiger partial charge in [0, 0.05) is 6.20 Å². The van der Waals surface area contributed by atoms with Gasteiger partial charge in [0.25, 0.3) is 5.91 Å². The van der Waals surface area contributed by atoms with Crippen LogP contribution in [-0.4, -0.2) is 21.1 Å². The van der Waals surface area contributed by atoms with Crippen molar-refractivity contribution >= 4 is 46.5 Å². The van der Waals surface area contributed by atoms with Gasteiger partial charge in [-0.25, -0.2) is 4.98 Å². The normalized spacial score (nSPS) is 10.2. The maximum Gasteiger partial charge on any atom is 0.260 e. The molecule has 1 N–H and O–H groups in total. The molecule has 0 unspecified atom stereocenters. The van der Waals surface area contributed by atoms with Gasteiger partial charge in [-0.2, -0.15) is 0 Å². The zero-order chi connectivity index (χ0) is 13.1. The number of hydrogen-bond donors (Lipinski definition) is 1. The van der Waals surface area contributed by atoms with Crippen LogP contribution >= 0.6 is 34.8 Å². The second kappa shape index (κ2) is 5.48. The number of pyridine rings is 1. The Kier molecular flexibility index (Phi) is 3.96. The average Bonchev–Trinajstić information content (AvgIpc) is 2.35. The molecule has 2 aromatic rings. The summed E-state index contributed by atoms with van der Waals surface area (Å²) < 4.78 is 0. The molecule has 0 aromatic carbocycles. The fourth-order valence-electron chi connectivity index (χ4n) is 1.15. The summed E-state index contributed by atoms with van der Waals surface area (Å²) in [6.45, 7) is 0. The van der Waals surface area contributed by atoms with Gasteiger partial charge in [-0.3, -0.25) is 4.79 Å². The molecule has 0 atom stereocenters. The second-order valence-electron chi connectivity index (χ2n) is 3.19. The van der Waals surface area contributed by atoms with E-state index in [1.165, 1.54) is 12.3 Å². The van der Waals surface area contributed by atoms with Crippen LogP contribution in [0.5, 0.6) is 0 Å². The Bertz CT molecular complexity index is 588. The van der Waals surface area contributed by atoms with Crippen molar-refractivity contribution in [1.82, 2.24) is 15.2 Å². The molecule has 1 amide bonds. The minimum atomic E-state index is -0.480. The monoisotopic (exact) mass is 302 g/mol. The van der Waals surface area contributed by atoms with E-state index in [0.29, 0.717) is 10.8 Å². The lowest BCUT2D eigenvalue weighted by molar-refractivity contribution is 0.102. The van der Waals surface area contributed by atoms with Crippen LogP contribution in [0.3, 0.4) is 0 Å². The smallest absolute Gasteiger partial charge is 0.260 e. The number of hydrogen-bond acceptors (Lipinski definition) is 4. The number of carbonyl (C=O) groups is 1. The molecule has 92 valence electrons. The quantitative estimate of drug-likeness (QED) is 0.925. The van der Waals surface area contributed by atoms with Crippen molar-refractivity contribution in [2.24, 2.45) is 0 Å². The molecular weight excluding hydrogens is 298 g/mol. The molecule has 5 nitrogen and oxygen atoms in total. The highest BCUT2D eigenvalue weighted by atomic mass is 35.5. The lowest BCUT2D eigenvalue weighted by atomic mass is 10.3. The van der Waals surface area contributed by atoms with E-state index in [4.69, 9.17) is 34.8 Å². The van der Waals surface area contributed by atoms with E-state index in [1.807, 2.05) is 0 Å². The summed E-state index contributed by atoms with van der Waals surface area (Å²) >= 11 is 17.1. The van der Waals surface area contributed by atoms with Crippen molar-refractivity contribution in [2.75, 3.05) is 5.32 Å². The maximum atomic E-state index is 11.9. The van der Waals surface area contributed by atoms with E-state index in [1.54, 1.807) is 12.1 Å². The summed E-state index contributed by atoms with van der Waals surface area (Å²) in [6, 6.07) is 4.48. The van der Waals surface area contributed by atoms with E-state index >= 15 is 0 Å². The molecule has 0 saturated carbocycles. The standard InChI is InChI=1S/C10H5Cl3N4O/c11-5-1-2-8(14-4-5)15-10(18)6-3-7(12)16-17-9(6)13/h1-4H,(H,14,15,18). The number of nitrogens with zero attached hydrogens (tertiary/aromatic N) is 3. The van der Waals surface area contributed by atoms with Gasteiger partial charge in [0.2, 0.25) is 0 Å². The molecule has 0 bridgehead atoms. The van der Waals surface area contributed by atoms with E-state index in [-0.39, 0.29) is 15.9 Å². The summed E-state index contributed by atoms with van der Waals surface area (Å²) in [7, 11) is 0. The first-order valence-corrected chi connectivity index (χ1v) is 5.81. The summed E-state index contributed by atoms with van der Waals surface area (Å²) in [6.07, 6.45) is 1.41. The summed E-state index contributed by atoms with van der Waals surface area (Å²) in [5.74, 6) is -0.139. The molecule has 0 radical (unpaired) electrons. The highest BCUT2D eigenvalue weighted by Crippen LogP contribution is 2.17. The predicted octanol–water partition coefficient (Wildman–Crippen LogP) is 3.08. The van der Waals surface area contributed by atoms with Crippen LogP contribution in [0, 0.1) is 0 Å². The van der Waals surface area contributed by atoms with Crippen molar-refractivity contribution < 1.29 is 4.79 Å². The van der Waals surface area contributed by atoms with Gasteiger partial charge in [0.1, 0.15) is 5.82 Å². The molecule has 2 aromatic heterocycles. The number of halogens is 3. The zero-order valence-corrected chi connectivity index (χ0v) is 11.0. The Morgan fingerprint density at radius 2 is 1.94 bits per heavy atom. The topological polar surface area (TPSA) is 67.8 Å². The molecule has 0 aliphatic carbocycles. The van der Waals surface area contributed by atoms with Gasteiger partial charge < -0.3 is 5.32 Å². The van der Waals surface area contributed by atoms with Crippen LogP contribution in [0.2, 0.25) is 15.3 Å². The van der Waals surface area contributed by atoms with Crippen LogP contribution in [0.15, 0.2) is 24.4 Å². The Hall–Kier alpha value is -1.43. The molecule has 2 heterocycles. The van der Waals surface area contributed by atoms with Crippen LogP contribution in [-0.2, 0) is 0 Å². The maximum absolute atomic E-state index is 11.9. The third-order valence-corrected chi connectivity index (χ3v) is 2.62. The molecule has 8 heteroatoms. The molecule has 18 heavy (non-hydrogen) atoms. The van der Waals surface area contributed by atoms with Crippen molar-refractivity contribution in [3.05, 3.63) is 45.3 Å². The van der Waals surface area contributed by atoms with Crippen LogP contribution in [0.4, 0.5) is 5.82 Å². The number of carbonyl (C=O) groups excluding carboxylic acids is 1. The largest absolute Gasteiger partial charge is 0.306 e. The second-order valence-corrected chi connectivity index (χ2v) is 4.37. The SMILES string of the molecule is O=C(Nc1ccc(Cl)cn1)c1cc(Cl)nnc1Cl. The van der Waals surface area contributed by atoms with Crippen molar-refractivity contribution in [3.8, 4) is 0 Å². The number of nitrogens with one attached hydrogen (secondary N) is 1. The molecule has 0 aliphatic heterocycles. The van der Waals surface area contributed by atoms with Gasteiger partial charge in [0.15, 0.2) is 10.3 Å². The predicted molar refractivity (Wildman–Crippen MR) is 69.3 cm³/mol. The highest BCUT2D eigenvalue weighted by Gasteiger charge is 2.13. The third-order valence-electron chi connectivity index (χ3n) is 1.93. The van der Waals surface area contributed by atoms with Gasteiger partial charge in [-0.05, 0) is 18.2 Å². The van der Waals surface area contributed by atoms with Gasteiger partial charge >= 0.3 is 0 Å². The number of anilines is 1. The lowest BCUT2D eigenvalue weighted by Gasteiger charge is -2.05. The first kappa shape index (κ1) is 13.0. The Labute approximate surface area is 117 Å². The van der Waals surface area contributed by atoms with Crippen molar-refractivity contribution in [1.29, 1.82) is 0 Å². The van der Waals surface area contributed by atoms with Crippen molar-refractivity contribution in [2.45, 2.75) is 0 Å². The van der Waals surface area contributed by atoms with Crippen LogP contribution < -0.4 is 5.32 Å². The molecule has 0 spiro atoms. The molecule has 0 fully saturated rings. The number of rotatable bonds is 2. The van der Waals surface area contributed by atoms with E-state index in [0.717, 1.165) is 0 Å². The fraction of sp³-hybridized carbons (Fsp3) is 0. The van der Waals surface area contributed by atoms with Crippen LogP contribution in [0.25, 0.3) is 0 Å². The molecule has 2 rings (SSSR count).